The Balaban J connectivity index is 2.46. The first-order valence-electron chi connectivity index (χ1n) is 7.39. The van der Waals surface area contributed by atoms with Crippen molar-refractivity contribution < 1.29 is 4.79 Å². The predicted octanol–water partition coefficient (Wildman–Crippen LogP) is 4.57. The zero-order valence-electron chi connectivity index (χ0n) is 13.1. The highest BCUT2D eigenvalue weighted by Crippen LogP contribution is 2.42. The van der Waals surface area contributed by atoms with Gasteiger partial charge in [-0.1, -0.05) is 19.4 Å². The van der Waals surface area contributed by atoms with Crippen LogP contribution in [0.15, 0.2) is 39.4 Å². The summed E-state index contributed by atoms with van der Waals surface area (Å²) in [5.74, 6) is 0.769. The summed E-state index contributed by atoms with van der Waals surface area (Å²) in [5, 5.41) is 15.9. The van der Waals surface area contributed by atoms with E-state index in [0.29, 0.717) is 11.1 Å². The number of unbranched alkanes of at least 4 members (excludes halogenated alkanes) is 1. The number of allylic oxidation sites excluding steroid dienone is 3. The van der Waals surface area contributed by atoms with Gasteiger partial charge in [-0.2, -0.15) is 5.26 Å². The van der Waals surface area contributed by atoms with E-state index in [2.05, 4.69) is 18.3 Å². The van der Waals surface area contributed by atoms with Gasteiger partial charge in [0, 0.05) is 16.1 Å². The number of rotatable bonds is 6. The Morgan fingerprint density at radius 2 is 2.32 bits per heavy atom. The molecule has 1 aliphatic rings. The van der Waals surface area contributed by atoms with Gasteiger partial charge >= 0.3 is 0 Å². The van der Waals surface area contributed by atoms with E-state index in [-0.39, 0.29) is 11.7 Å². The zero-order valence-corrected chi connectivity index (χ0v) is 14.7. The summed E-state index contributed by atoms with van der Waals surface area (Å²) in [6.07, 6.45) is 2.24. The number of hydrogen-bond donors (Lipinski definition) is 1. The molecule has 5 heteroatoms. The van der Waals surface area contributed by atoms with Gasteiger partial charge < -0.3 is 5.32 Å². The third-order valence-electron chi connectivity index (χ3n) is 3.60. The van der Waals surface area contributed by atoms with Crippen LogP contribution < -0.4 is 5.32 Å². The largest absolute Gasteiger partial charge is 0.353 e. The summed E-state index contributed by atoms with van der Waals surface area (Å²) in [7, 11) is 0. The number of dihydropyridines is 1. The van der Waals surface area contributed by atoms with Crippen molar-refractivity contribution in [3.63, 3.8) is 0 Å². The summed E-state index contributed by atoms with van der Waals surface area (Å²) in [4.78, 5) is 13.2. The van der Waals surface area contributed by atoms with Crippen molar-refractivity contribution in [3.8, 4) is 6.07 Å². The summed E-state index contributed by atoms with van der Waals surface area (Å²) in [6, 6.07) is 6.31. The molecule has 22 heavy (non-hydrogen) atoms. The van der Waals surface area contributed by atoms with Gasteiger partial charge in [-0.3, -0.25) is 4.79 Å². The van der Waals surface area contributed by atoms with E-state index < -0.39 is 0 Å². The summed E-state index contributed by atoms with van der Waals surface area (Å²) < 4.78 is 0. The van der Waals surface area contributed by atoms with Crippen LogP contribution in [-0.2, 0) is 4.79 Å². The van der Waals surface area contributed by atoms with Crippen molar-refractivity contribution >= 4 is 28.9 Å². The molecule has 1 aliphatic heterocycles. The van der Waals surface area contributed by atoms with Crippen molar-refractivity contribution in [2.75, 3.05) is 5.75 Å². The van der Waals surface area contributed by atoms with Crippen LogP contribution in [0.25, 0.3) is 0 Å². The van der Waals surface area contributed by atoms with Gasteiger partial charge in [0.1, 0.15) is 0 Å². The molecule has 1 aromatic heterocycles. The van der Waals surface area contributed by atoms with Gasteiger partial charge in [0.25, 0.3) is 0 Å². The minimum Gasteiger partial charge on any atom is -0.353 e. The number of thiophene rings is 1. The quantitative estimate of drug-likeness (QED) is 0.776. The predicted molar refractivity (Wildman–Crippen MR) is 93.6 cm³/mol. The molecule has 0 amide bonds. The summed E-state index contributed by atoms with van der Waals surface area (Å²) in [6.45, 7) is 5.65. The topological polar surface area (TPSA) is 52.9 Å². The molecule has 0 aromatic carbocycles. The first-order valence-corrected chi connectivity index (χ1v) is 9.25. The van der Waals surface area contributed by atoms with E-state index in [1.807, 2.05) is 24.4 Å². The molecule has 0 fully saturated rings. The third-order valence-corrected chi connectivity index (χ3v) is 5.64. The van der Waals surface area contributed by atoms with Crippen LogP contribution in [-0.4, -0.2) is 11.5 Å². The SMILES string of the molecule is CCCCSC1=C(C#N)[C@@H](c2cccs2)C(C(C)=O)=C(C)N1. The van der Waals surface area contributed by atoms with Crippen molar-refractivity contribution in [1.82, 2.24) is 5.32 Å². The molecule has 0 spiro atoms. The van der Waals surface area contributed by atoms with Gasteiger partial charge in [-0.05, 0) is 37.5 Å². The Morgan fingerprint density at radius 3 is 2.86 bits per heavy atom. The molecule has 1 N–H and O–H groups in total. The van der Waals surface area contributed by atoms with Crippen molar-refractivity contribution in [2.45, 2.75) is 39.5 Å². The number of nitrogens with one attached hydrogen (secondary N) is 1. The lowest BCUT2D eigenvalue weighted by atomic mass is 9.85. The van der Waals surface area contributed by atoms with Gasteiger partial charge in [-0.25, -0.2) is 0 Å². The third kappa shape index (κ3) is 3.45. The Morgan fingerprint density at radius 1 is 1.55 bits per heavy atom. The lowest BCUT2D eigenvalue weighted by Crippen LogP contribution is -2.26. The maximum Gasteiger partial charge on any atom is 0.158 e. The Labute approximate surface area is 140 Å². The highest BCUT2D eigenvalue weighted by Gasteiger charge is 2.33. The molecule has 2 heterocycles. The van der Waals surface area contributed by atoms with E-state index in [4.69, 9.17) is 0 Å². The van der Waals surface area contributed by atoms with Crippen molar-refractivity contribution in [1.29, 1.82) is 5.26 Å². The highest BCUT2D eigenvalue weighted by atomic mass is 32.2. The standard InChI is InChI=1S/C17H20N2OS2/c1-4-5-8-22-17-13(10-18)16(14-7-6-9-21-14)15(12(3)20)11(2)19-17/h6-7,9,16,19H,4-5,8H2,1-3H3/t16-/m0/s1. The summed E-state index contributed by atoms with van der Waals surface area (Å²) >= 11 is 3.27. The molecular formula is C17H20N2OS2. The van der Waals surface area contributed by atoms with Crippen LogP contribution in [0.2, 0.25) is 0 Å². The summed E-state index contributed by atoms with van der Waals surface area (Å²) in [5.41, 5.74) is 2.24. The number of carbonyl (C=O) groups excluding carboxylic acids is 1. The molecule has 0 bridgehead atoms. The molecular weight excluding hydrogens is 312 g/mol. The average molecular weight is 332 g/mol. The van der Waals surface area contributed by atoms with Gasteiger partial charge in [0.2, 0.25) is 0 Å². The first kappa shape index (κ1) is 16.9. The number of nitrogens with zero attached hydrogens (tertiary/aromatic N) is 1. The maximum absolute atomic E-state index is 12.1. The Kier molecular flexibility index (Phi) is 5.87. The minimum absolute atomic E-state index is 0.0220. The minimum atomic E-state index is -0.229. The average Bonchev–Trinajstić information content (AvgIpc) is 3.00. The van der Waals surface area contributed by atoms with E-state index in [9.17, 15) is 10.1 Å². The molecule has 0 radical (unpaired) electrons. The fourth-order valence-corrected chi connectivity index (χ4v) is 4.58. The molecule has 0 unspecified atom stereocenters. The van der Waals surface area contributed by atoms with Crippen molar-refractivity contribution in [2.24, 2.45) is 0 Å². The van der Waals surface area contributed by atoms with Crippen LogP contribution in [0.4, 0.5) is 0 Å². The Bertz CT molecular complexity index is 651. The number of ketones is 1. The molecule has 2 rings (SSSR count). The molecule has 0 aliphatic carbocycles. The number of nitriles is 1. The number of Topliss-reactive ketones (excluding diaryl/α,β-unsaturated/α-hetero) is 1. The van der Waals surface area contributed by atoms with Gasteiger partial charge in [0.05, 0.1) is 22.6 Å². The molecule has 0 saturated heterocycles. The monoisotopic (exact) mass is 332 g/mol. The van der Waals surface area contributed by atoms with Crippen LogP contribution in [0, 0.1) is 11.3 Å². The second kappa shape index (κ2) is 7.66. The fourth-order valence-electron chi connectivity index (χ4n) is 2.55. The Hall–Kier alpha value is -1.51. The van der Waals surface area contributed by atoms with Crippen molar-refractivity contribution in [3.05, 3.63) is 44.3 Å². The highest BCUT2D eigenvalue weighted by molar-refractivity contribution is 8.03. The number of hydrogen-bond acceptors (Lipinski definition) is 5. The second-order valence-corrected chi connectivity index (χ2v) is 7.31. The zero-order chi connectivity index (χ0) is 16.1. The van der Waals surface area contributed by atoms with E-state index >= 15 is 0 Å². The van der Waals surface area contributed by atoms with Crippen LogP contribution in [0.1, 0.15) is 44.4 Å². The van der Waals surface area contributed by atoms with Gasteiger partial charge in [0.15, 0.2) is 5.78 Å². The van der Waals surface area contributed by atoms with Gasteiger partial charge in [-0.15, -0.1) is 23.1 Å². The maximum atomic E-state index is 12.1. The smallest absolute Gasteiger partial charge is 0.158 e. The lowest BCUT2D eigenvalue weighted by Gasteiger charge is -2.28. The van der Waals surface area contributed by atoms with Crippen LogP contribution in [0.5, 0.6) is 0 Å². The molecule has 3 nitrogen and oxygen atoms in total. The number of thioether (sulfide) groups is 1. The molecule has 1 aromatic rings. The normalized spacial score (nSPS) is 18.2. The molecule has 1 atom stereocenters. The number of carbonyl (C=O) groups is 1. The first-order chi connectivity index (χ1) is 10.6. The van der Waals surface area contributed by atoms with E-state index in [1.54, 1.807) is 30.0 Å². The molecule has 0 saturated carbocycles. The molecule has 116 valence electrons. The van der Waals surface area contributed by atoms with E-state index in [1.165, 1.54) is 0 Å². The second-order valence-electron chi connectivity index (χ2n) is 5.22. The van der Waals surface area contributed by atoms with Crippen LogP contribution in [0.3, 0.4) is 0 Å². The van der Waals surface area contributed by atoms with Crippen LogP contribution >= 0.6 is 23.1 Å². The fraction of sp³-hybridized carbons (Fsp3) is 0.412. The van der Waals surface area contributed by atoms with E-state index in [0.717, 1.165) is 34.2 Å². The lowest BCUT2D eigenvalue weighted by molar-refractivity contribution is -0.113.